The molecule has 1 aromatic heterocycles. The van der Waals surface area contributed by atoms with Crippen LogP contribution in [0.2, 0.25) is 0 Å². The number of ether oxygens (including phenoxy) is 1. The van der Waals surface area contributed by atoms with Crippen molar-refractivity contribution in [1.82, 2.24) is 10.2 Å². The van der Waals surface area contributed by atoms with Crippen LogP contribution in [0.5, 0.6) is 5.75 Å². The summed E-state index contributed by atoms with van der Waals surface area (Å²) in [5.41, 5.74) is 6.30. The van der Waals surface area contributed by atoms with Crippen molar-refractivity contribution in [2.75, 3.05) is 0 Å². The molecule has 1 fully saturated rings. The molecule has 1 saturated carbocycles. The van der Waals surface area contributed by atoms with E-state index < -0.39 is 0 Å². The molecule has 1 aromatic rings. The van der Waals surface area contributed by atoms with Crippen LogP contribution in [0.3, 0.4) is 0 Å². The zero-order chi connectivity index (χ0) is 9.71. The molecule has 1 amide bonds. The number of primary amides is 1. The Hall–Kier alpha value is -1.52. The van der Waals surface area contributed by atoms with Gasteiger partial charge in [-0.15, -0.1) is 0 Å². The third kappa shape index (κ3) is 0.893. The lowest BCUT2D eigenvalue weighted by Crippen LogP contribution is -2.22. The van der Waals surface area contributed by atoms with Crippen LogP contribution in [0, 0.1) is 5.92 Å². The van der Waals surface area contributed by atoms with E-state index in [1.165, 1.54) is 0 Å². The van der Waals surface area contributed by atoms with Crippen LogP contribution in [0.1, 0.15) is 24.5 Å². The predicted molar refractivity (Wildman–Crippen MR) is 47.7 cm³/mol. The molecule has 0 saturated heterocycles. The largest absolute Gasteiger partial charge is 0.486 e. The molecule has 0 aromatic carbocycles. The van der Waals surface area contributed by atoms with Gasteiger partial charge in [0.25, 0.3) is 0 Å². The molecule has 5 nitrogen and oxygen atoms in total. The van der Waals surface area contributed by atoms with Crippen molar-refractivity contribution in [3.05, 3.63) is 11.9 Å². The smallest absolute Gasteiger partial charge is 0.220 e. The number of hydrogen-bond acceptors (Lipinski definition) is 3. The summed E-state index contributed by atoms with van der Waals surface area (Å²) in [4.78, 5) is 11.0. The van der Waals surface area contributed by atoms with E-state index in [-0.39, 0.29) is 23.8 Å². The summed E-state index contributed by atoms with van der Waals surface area (Å²) in [7, 11) is 0. The molecule has 3 unspecified atom stereocenters. The van der Waals surface area contributed by atoms with Crippen LogP contribution >= 0.6 is 0 Å². The van der Waals surface area contributed by atoms with E-state index in [9.17, 15) is 4.79 Å². The Morgan fingerprint density at radius 1 is 1.64 bits per heavy atom. The van der Waals surface area contributed by atoms with Crippen LogP contribution in [-0.4, -0.2) is 22.2 Å². The lowest BCUT2D eigenvalue weighted by molar-refractivity contribution is -0.121. The standard InChI is InChI=1S/C9H11N3O2/c10-9(13)4-1-5-6(2-4)14-7-3-11-12-8(5)7/h3-6H,1-2H2,(H2,10,13)(H,11,12). The first-order valence-electron chi connectivity index (χ1n) is 4.75. The second-order valence-electron chi connectivity index (χ2n) is 3.98. The Bertz CT molecular complexity index is 387. The third-order valence-electron chi connectivity index (χ3n) is 3.19. The fourth-order valence-electron chi connectivity index (χ4n) is 2.47. The van der Waals surface area contributed by atoms with Gasteiger partial charge in [0.05, 0.1) is 11.9 Å². The fraction of sp³-hybridized carbons (Fsp3) is 0.556. The van der Waals surface area contributed by atoms with E-state index in [2.05, 4.69) is 10.2 Å². The fourth-order valence-corrected chi connectivity index (χ4v) is 2.47. The van der Waals surface area contributed by atoms with Crippen LogP contribution in [0.4, 0.5) is 0 Å². The maximum absolute atomic E-state index is 11.0. The first-order valence-corrected chi connectivity index (χ1v) is 4.75. The molecule has 3 atom stereocenters. The third-order valence-corrected chi connectivity index (χ3v) is 3.19. The van der Waals surface area contributed by atoms with Crippen LogP contribution in [0.15, 0.2) is 6.20 Å². The number of nitrogens with two attached hydrogens (primary N) is 1. The second kappa shape index (κ2) is 2.50. The van der Waals surface area contributed by atoms with Gasteiger partial charge in [-0.3, -0.25) is 9.89 Å². The summed E-state index contributed by atoms with van der Waals surface area (Å²) >= 11 is 0. The molecule has 5 heteroatoms. The number of hydrogen-bond donors (Lipinski definition) is 2. The number of amides is 1. The minimum Gasteiger partial charge on any atom is -0.486 e. The maximum Gasteiger partial charge on any atom is 0.220 e. The molecule has 1 aliphatic carbocycles. The Morgan fingerprint density at radius 3 is 3.29 bits per heavy atom. The molecule has 0 spiro atoms. The van der Waals surface area contributed by atoms with Crippen LogP contribution < -0.4 is 10.5 Å². The normalized spacial score (nSPS) is 33.6. The molecule has 0 radical (unpaired) electrons. The van der Waals surface area contributed by atoms with E-state index in [0.29, 0.717) is 0 Å². The van der Waals surface area contributed by atoms with Gasteiger partial charge in [0, 0.05) is 11.8 Å². The molecule has 2 aliphatic rings. The average molecular weight is 193 g/mol. The Kier molecular flexibility index (Phi) is 1.40. The first kappa shape index (κ1) is 7.84. The number of aromatic nitrogens is 2. The second-order valence-corrected chi connectivity index (χ2v) is 3.98. The van der Waals surface area contributed by atoms with Gasteiger partial charge in [0.2, 0.25) is 5.91 Å². The number of nitrogens with one attached hydrogen (secondary N) is 1. The number of nitrogens with zero attached hydrogens (tertiary/aromatic N) is 1. The Morgan fingerprint density at radius 2 is 2.50 bits per heavy atom. The monoisotopic (exact) mass is 193 g/mol. The highest BCUT2D eigenvalue weighted by Crippen LogP contribution is 2.47. The molecule has 3 N–H and O–H groups in total. The number of carbonyl (C=O) groups excluding carboxylic acids is 1. The highest BCUT2D eigenvalue weighted by atomic mass is 16.5. The van der Waals surface area contributed by atoms with Gasteiger partial charge in [-0.25, -0.2) is 0 Å². The zero-order valence-electron chi connectivity index (χ0n) is 7.56. The minimum absolute atomic E-state index is 0.0403. The molecule has 0 bridgehead atoms. The summed E-state index contributed by atoms with van der Waals surface area (Å²) in [6, 6.07) is 0. The lowest BCUT2D eigenvalue weighted by atomic mass is 10.0. The van der Waals surface area contributed by atoms with Crippen LogP contribution in [0.25, 0.3) is 0 Å². The quantitative estimate of drug-likeness (QED) is 0.666. The number of aromatic amines is 1. The number of carbonyl (C=O) groups is 1. The van der Waals surface area contributed by atoms with Gasteiger partial charge < -0.3 is 10.5 Å². The van der Waals surface area contributed by atoms with Gasteiger partial charge in [-0.1, -0.05) is 0 Å². The minimum atomic E-state index is -0.218. The number of fused-ring (bicyclic) bond motifs is 3. The number of H-pyrrole nitrogens is 1. The van der Waals surface area contributed by atoms with Crippen molar-refractivity contribution in [2.45, 2.75) is 24.9 Å². The van der Waals surface area contributed by atoms with Gasteiger partial charge in [-0.05, 0) is 12.8 Å². The lowest BCUT2D eigenvalue weighted by Gasteiger charge is -2.07. The molecule has 14 heavy (non-hydrogen) atoms. The van der Waals surface area contributed by atoms with Gasteiger partial charge in [0.1, 0.15) is 6.10 Å². The number of rotatable bonds is 1. The van der Waals surface area contributed by atoms with E-state index in [1.807, 2.05) is 0 Å². The summed E-state index contributed by atoms with van der Waals surface area (Å²) in [6.45, 7) is 0. The highest BCUT2D eigenvalue weighted by Gasteiger charge is 2.45. The van der Waals surface area contributed by atoms with Crippen molar-refractivity contribution in [1.29, 1.82) is 0 Å². The molecule has 2 heterocycles. The zero-order valence-corrected chi connectivity index (χ0v) is 7.56. The SMILES string of the molecule is NC(=O)C1CC2Oc3cn[nH]c3C2C1. The van der Waals surface area contributed by atoms with E-state index in [1.54, 1.807) is 6.20 Å². The van der Waals surface area contributed by atoms with E-state index in [0.717, 1.165) is 24.3 Å². The molecular formula is C9H11N3O2. The van der Waals surface area contributed by atoms with Gasteiger partial charge >= 0.3 is 0 Å². The van der Waals surface area contributed by atoms with Crippen molar-refractivity contribution in [2.24, 2.45) is 11.7 Å². The van der Waals surface area contributed by atoms with Crippen LogP contribution in [-0.2, 0) is 4.79 Å². The first-order chi connectivity index (χ1) is 6.75. The van der Waals surface area contributed by atoms with Crippen molar-refractivity contribution < 1.29 is 9.53 Å². The molecule has 1 aliphatic heterocycles. The predicted octanol–water partition coefficient (Wildman–Crippen LogP) is 0.150. The highest BCUT2D eigenvalue weighted by molar-refractivity contribution is 5.77. The Balaban J connectivity index is 1.88. The molecule has 74 valence electrons. The van der Waals surface area contributed by atoms with E-state index in [4.69, 9.17) is 10.5 Å². The summed E-state index contributed by atoms with van der Waals surface area (Å²) < 4.78 is 5.65. The summed E-state index contributed by atoms with van der Waals surface area (Å²) in [6.07, 6.45) is 3.33. The van der Waals surface area contributed by atoms with Crippen molar-refractivity contribution in [3.63, 3.8) is 0 Å². The topological polar surface area (TPSA) is 81.0 Å². The summed E-state index contributed by atoms with van der Waals surface area (Å²) in [5, 5.41) is 6.83. The molecule has 3 rings (SSSR count). The van der Waals surface area contributed by atoms with E-state index >= 15 is 0 Å². The summed E-state index contributed by atoms with van der Waals surface area (Å²) in [5.74, 6) is 0.860. The Labute approximate surface area is 80.6 Å². The van der Waals surface area contributed by atoms with Crippen molar-refractivity contribution >= 4 is 5.91 Å². The molecular weight excluding hydrogens is 182 g/mol. The average Bonchev–Trinajstić information content (AvgIpc) is 2.70. The maximum atomic E-state index is 11.0. The van der Waals surface area contributed by atoms with Gasteiger partial charge in [0.15, 0.2) is 5.75 Å². The van der Waals surface area contributed by atoms with Crippen molar-refractivity contribution in [3.8, 4) is 5.75 Å². The van der Waals surface area contributed by atoms with Gasteiger partial charge in [-0.2, -0.15) is 5.10 Å².